The van der Waals surface area contributed by atoms with E-state index in [2.05, 4.69) is 63.1 Å². The highest BCUT2D eigenvalue weighted by atomic mass is 35.5. The Morgan fingerprint density at radius 1 is 1.24 bits per heavy atom. The van der Waals surface area contributed by atoms with Gasteiger partial charge in [0.15, 0.2) is 9.84 Å². The minimum absolute atomic E-state index is 0.0253. The fourth-order valence-corrected chi connectivity index (χ4v) is 6.69. The first-order chi connectivity index (χ1) is 18.0. The van der Waals surface area contributed by atoms with Gasteiger partial charge in [0, 0.05) is 49.1 Å². The van der Waals surface area contributed by atoms with Crippen LogP contribution in [0.1, 0.15) is 25.8 Å². The summed E-state index contributed by atoms with van der Waals surface area (Å²) in [6.45, 7) is 14.7. The zero-order valence-corrected chi connectivity index (χ0v) is 23.1. The summed E-state index contributed by atoms with van der Waals surface area (Å²) in [5, 5.41) is 4.49. The number of aromatic amines is 1. The molecule has 0 radical (unpaired) electrons. The van der Waals surface area contributed by atoms with Crippen molar-refractivity contribution in [3.8, 4) is 11.3 Å². The van der Waals surface area contributed by atoms with Crippen LogP contribution in [-0.2, 0) is 16.4 Å². The number of hydrogen-bond donors (Lipinski definition) is 2. The van der Waals surface area contributed by atoms with Crippen LogP contribution in [0, 0.1) is 12.0 Å². The Balaban J connectivity index is 1.45. The fourth-order valence-electron chi connectivity index (χ4n) is 5.47. The van der Waals surface area contributed by atoms with Gasteiger partial charge in [0.1, 0.15) is 0 Å². The smallest absolute Gasteiger partial charge is 0.223 e. The van der Waals surface area contributed by atoms with Gasteiger partial charge in [0.05, 0.1) is 33.9 Å². The molecule has 0 saturated carbocycles. The van der Waals surface area contributed by atoms with Crippen molar-refractivity contribution < 1.29 is 8.42 Å². The monoisotopic (exact) mass is 548 g/mol. The number of sulfone groups is 1. The Morgan fingerprint density at radius 2 is 2.00 bits per heavy atom. The summed E-state index contributed by atoms with van der Waals surface area (Å²) in [7, 11) is -3.65. The third-order valence-corrected chi connectivity index (χ3v) is 8.22. The van der Waals surface area contributed by atoms with Gasteiger partial charge in [-0.15, -0.1) is 0 Å². The number of halogens is 1. The maximum atomic E-state index is 12.5. The van der Waals surface area contributed by atoms with Crippen molar-refractivity contribution in [3.63, 3.8) is 0 Å². The van der Waals surface area contributed by atoms with Crippen molar-refractivity contribution in [3.05, 3.63) is 76.9 Å². The summed E-state index contributed by atoms with van der Waals surface area (Å²) in [4.78, 5) is 18.1. The van der Waals surface area contributed by atoms with Crippen molar-refractivity contribution in [1.82, 2.24) is 19.9 Å². The molecule has 1 atom stereocenters. The molecule has 38 heavy (non-hydrogen) atoms. The second-order valence-corrected chi connectivity index (χ2v) is 13.0. The second-order valence-electron chi connectivity index (χ2n) is 10.7. The zero-order chi connectivity index (χ0) is 27.1. The van der Waals surface area contributed by atoms with Crippen molar-refractivity contribution in [2.75, 3.05) is 24.7 Å². The molecule has 2 N–H and O–H groups in total. The Labute approximate surface area is 227 Å². The van der Waals surface area contributed by atoms with Crippen LogP contribution >= 0.6 is 11.6 Å². The van der Waals surface area contributed by atoms with Crippen LogP contribution in [0.4, 0.5) is 11.6 Å². The van der Waals surface area contributed by atoms with Crippen LogP contribution in [0.15, 0.2) is 59.8 Å². The third kappa shape index (κ3) is 5.39. The molecule has 196 valence electrons. The number of anilines is 1. The Bertz CT molecular complexity index is 1640. The van der Waals surface area contributed by atoms with Gasteiger partial charge in [-0.2, -0.15) is 0 Å². The molecule has 1 aliphatic heterocycles. The highest BCUT2D eigenvalue weighted by Crippen LogP contribution is 2.39. The first-order valence-corrected chi connectivity index (χ1v) is 14.6. The van der Waals surface area contributed by atoms with E-state index < -0.39 is 9.84 Å². The molecule has 0 spiro atoms. The van der Waals surface area contributed by atoms with Crippen molar-refractivity contribution in [2.45, 2.75) is 37.8 Å². The molecule has 0 bridgehead atoms. The number of nitrogens with one attached hydrogen (secondary N) is 2. The second kappa shape index (κ2) is 10.0. The topological polar surface area (TPSA) is 95.3 Å². The standard InChI is InChI=1S/C28H29ClN6O2S/c1-28(2)12-19(16-35(17-28)15-18-8-6-5-7-9-18)33-27-32-14-22(29)24(34-27)21-13-31-25-20(21)10-11-23(30-3)26(25)38(4,36)37/h5-11,13-14,19,31H,12,15-17H2,1-2,4H3,(H,32,33,34)/t19-/m0/s1. The highest BCUT2D eigenvalue weighted by molar-refractivity contribution is 7.91. The van der Waals surface area contributed by atoms with E-state index in [9.17, 15) is 8.42 Å². The molecule has 8 nitrogen and oxygen atoms in total. The van der Waals surface area contributed by atoms with Crippen LogP contribution in [0.25, 0.3) is 27.0 Å². The number of fused-ring (bicyclic) bond motifs is 1. The number of piperidine rings is 1. The largest absolute Gasteiger partial charge is 0.360 e. The van der Waals surface area contributed by atoms with E-state index in [1.807, 2.05) is 6.07 Å². The Kier molecular flexibility index (Phi) is 6.90. The third-order valence-electron chi connectivity index (χ3n) is 6.79. The molecule has 2 aromatic heterocycles. The summed E-state index contributed by atoms with van der Waals surface area (Å²) in [6.07, 6.45) is 5.30. The predicted octanol–water partition coefficient (Wildman–Crippen LogP) is 5.95. The number of H-pyrrole nitrogens is 1. The molecule has 1 saturated heterocycles. The van der Waals surface area contributed by atoms with E-state index in [1.165, 1.54) is 11.6 Å². The summed E-state index contributed by atoms with van der Waals surface area (Å²) < 4.78 is 25.0. The molecular formula is C28H29ClN6O2S. The van der Waals surface area contributed by atoms with E-state index in [4.69, 9.17) is 23.2 Å². The van der Waals surface area contributed by atoms with Crippen LogP contribution in [0.5, 0.6) is 0 Å². The van der Waals surface area contributed by atoms with Crippen molar-refractivity contribution >= 4 is 44.0 Å². The Morgan fingerprint density at radius 3 is 2.71 bits per heavy atom. The SMILES string of the molecule is [C-]#[N+]c1ccc2c(-c3nc(N[C@@H]4CN(Cc5ccccc5)CC(C)(C)C4)ncc3Cl)c[nH]c2c1S(C)(=O)=O. The highest BCUT2D eigenvalue weighted by Gasteiger charge is 2.33. The minimum Gasteiger partial charge on any atom is -0.360 e. The van der Waals surface area contributed by atoms with Crippen LogP contribution < -0.4 is 5.32 Å². The first-order valence-electron chi connectivity index (χ1n) is 12.3. The maximum Gasteiger partial charge on any atom is 0.223 e. The van der Waals surface area contributed by atoms with Gasteiger partial charge in [0.2, 0.25) is 11.6 Å². The number of aromatic nitrogens is 3. The van der Waals surface area contributed by atoms with Gasteiger partial charge in [0.25, 0.3) is 0 Å². The molecule has 10 heteroatoms. The van der Waals surface area contributed by atoms with Gasteiger partial charge in [-0.3, -0.25) is 4.90 Å². The quantitative estimate of drug-likeness (QED) is 0.289. The van der Waals surface area contributed by atoms with Crippen LogP contribution in [0.2, 0.25) is 5.02 Å². The Hall–Kier alpha value is -3.45. The predicted molar refractivity (Wildman–Crippen MR) is 151 cm³/mol. The molecule has 2 aromatic carbocycles. The summed E-state index contributed by atoms with van der Waals surface area (Å²) in [5.74, 6) is 0.460. The van der Waals surface area contributed by atoms with E-state index in [0.717, 1.165) is 32.3 Å². The van der Waals surface area contributed by atoms with Crippen LogP contribution in [-0.4, -0.2) is 53.7 Å². The molecule has 0 unspecified atom stereocenters. The number of nitrogens with zero attached hydrogens (tertiary/aromatic N) is 4. The number of hydrogen-bond acceptors (Lipinski definition) is 6. The molecule has 0 amide bonds. The van der Waals surface area contributed by atoms with E-state index in [0.29, 0.717) is 33.1 Å². The molecule has 0 aliphatic carbocycles. The van der Waals surface area contributed by atoms with Crippen molar-refractivity contribution in [1.29, 1.82) is 0 Å². The molecule has 1 fully saturated rings. The van der Waals surface area contributed by atoms with Gasteiger partial charge in [-0.05, 0) is 17.4 Å². The number of benzene rings is 2. The summed E-state index contributed by atoms with van der Waals surface area (Å²) in [6, 6.07) is 13.8. The molecule has 3 heterocycles. The van der Waals surface area contributed by atoms with Crippen molar-refractivity contribution in [2.24, 2.45) is 5.41 Å². The molecule has 1 aliphatic rings. The minimum atomic E-state index is -3.65. The lowest BCUT2D eigenvalue weighted by Gasteiger charge is -2.42. The number of likely N-dealkylation sites (tertiary alicyclic amines) is 1. The maximum absolute atomic E-state index is 12.5. The fraction of sp³-hybridized carbons (Fsp3) is 0.321. The van der Waals surface area contributed by atoms with Gasteiger partial charge >= 0.3 is 0 Å². The van der Waals surface area contributed by atoms with Gasteiger partial charge < -0.3 is 10.3 Å². The summed E-state index contributed by atoms with van der Waals surface area (Å²) >= 11 is 6.54. The lowest BCUT2D eigenvalue weighted by molar-refractivity contribution is 0.101. The lowest BCUT2D eigenvalue weighted by Crippen LogP contribution is -2.49. The van der Waals surface area contributed by atoms with Gasteiger partial charge in [-0.25, -0.2) is 23.2 Å². The normalized spacial score (nSPS) is 17.8. The molecular weight excluding hydrogens is 520 g/mol. The average Bonchev–Trinajstić information content (AvgIpc) is 3.27. The van der Waals surface area contributed by atoms with E-state index in [-0.39, 0.29) is 22.0 Å². The van der Waals surface area contributed by atoms with E-state index >= 15 is 0 Å². The van der Waals surface area contributed by atoms with Gasteiger partial charge in [-0.1, -0.05) is 67.9 Å². The average molecular weight is 549 g/mol. The molecule has 5 rings (SSSR count). The van der Waals surface area contributed by atoms with E-state index in [1.54, 1.807) is 18.5 Å². The number of rotatable bonds is 6. The first kappa shape index (κ1) is 26.2. The molecule has 4 aromatic rings. The lowest BCUT2D eigenvalue weighted by atomic mass is 9.81. The summed E-state index contributed by atoms with van der Waals surface area (Å²) in [5.41, 5.74) is 2.96. The zero-order valence-electron chi connectivity index (χ0n) is 21.5. The van der Waals surface area contributed by atoms with Crippen LogP contribution in [0.3, 0.4) is 0 Å².